The average molecular weight is 239 g/mol. The second-order valence-corrected chi connectivity index (χ2v) is 5.89. The van der Waals surface area contributed by atoms with Crippen LogP contribution < -0.4 is 0 Å². The van der Waals surface area contributed by atoms with E-state index in [1.54, 1.807) is 0 Å². The molecule has 0 radical (unpaired) electrons. The zero-order chi connectivity index (χ0) is 12.5. The fourth-order valence-electron chi connectivity index (χ4n) is 3.13. The quantitative estimate of drug-likeness (QED) is 0.640. The molecule has 1 fully saturated rings. The minimum atomic E-state index is 0.772. The van der Waals surface area contributed by atoms with E-state index in [9.17, 15) is 0 Å². The minimum absolute atomic E-state index is 0.772. The van der Waals surface area contributed by atoms with Crippen molar-refractivity contribution in [2.45, 2.75) is 84.6 Å². The lowest BCUT2D eigenvalue weighted by Crippen LogP contribution is -2.34. The van der Waals surface area contributed by atoms with Crippen LogP contribution in [-0.2, 0) is 0 Å². The summed E-state index contributed by atoms with van der Waals surface area (Å²) in [5, 5.41) is 0. The zero-order valence-electron chi connectivity index (χ0n) is 12.4. The number of hydrogen-bond donors (Lipinski definition) is 0. The third kappa shape index (κ3) is 5.90. The summed E-state index contributed by atoms with van der Waals surface area (Å²) in [6.45, 7) is 9.55. The first kappa shape index (κ1) is 15.0. The molecular weight excluding hydrogens is 206 g/mol. The summed E-state index contributed by atoms with van der Waals surface area (Å²) >= 11 is 0. The normalized spacial score (nSPS) is 21.2. The molecule has 0 saturated heterocycles. The third-order valence-corrected chi connectivity index (χ3v) is 4.67. The highest BCUT2D eigenvalue weighted by molar-refractivity contribution is 4.69. The molecule has 1 aliphatic carbocycles. The van der Waals surface area contributed by atoms with Crippen molar-refractivity contribution in [3.05, 3.63) is 0 Å². The fraction of sp³-hybridized carbons (Fsp3) is 1.00. The summed E-state index contributed by atoms with van der Waals surface area (Å²) < 4.78 is 0. The summed E-state index contributed by atoms with van der Waals surface area (Å²) in [6, 6.07) is 0.772. The molecule has 1 unspecified atom stereocenters. The highest BCUT2D eigenvalue weighted by atomic mass is 15.1. The standard InChI is InChI=1S/C16H33N/c1-4-15(3)17(5-2)14-13-16-11-9-7-6-8-10-12-16/h15-16H,4-14H2,1-3H3. The van der Waals surface area contributed by atoms with Crippen molar-refractivity contribution >= 4 is 0 Å². The van der Waals surface area contributed by atoms with Gasteiger partial charge in [-0.1, -0.05) is 58.8 Å². The molecule has 0 aromatic carbocycles. The Kier molecular flexibility index (Phi) is 7.92. The summed E-state index contributed by atoms with van der Waals surface area (Å²) in [5.41, 5.74) is 0. The molecular formula is C16H33N. The van der Waals surface area contributed by atoms with Gasteiger partial charge in [0.15, 0.2) is 0 Å². The molecule has 0 aromatic heterocycles. The largest absolute Gasteiger partial charge is 0.301 e. The monoisotopic (exact) mass is 239 g/mol. The summed E-state index contributed by atoms with van der Waals surface area (Å²) in [5.74, 6) is 1.02. The first-order chi connectivity index (χ1) is 8.27. The molecule has 1 nitrogen and oxygen atoms in total. The van der Waals surface area contributed by atoms with Gasteiger partial charge in [0.2, 0.25) is 0 Å². The van der Waals surface area contributed by atoms with Crippen molar-refractivity contribution < 1.29 is 0 Å². The molecule has 0 aromatic rings. The molecule has 1 saturated carbocycles. The zero-order valence-corrected chi connectivity index (χ0v) is 12.4. The van der Waals surface area contributed by atoms with Crippen LogP contribution in [0.4, 0.5) is 0 Å². The topological polar surface area (TPSA) is 3.24 Å². The predicted octanol–water partition coefficient (Wildman–Crippen LogP) is 4.86. The van der Waals surface area contributed by atoms with Gasteiger partial charge in [-0.25, -0.2) is 0 Å². The predicted molar refractivity (Wildman–Crippen MR) is 77.4 cm³/mol. The SMILES string of the molecule is CCC(C)N(CC)CCC1CCCCCCC1. The van der Waals surface area contributed by atoms with Gasteiger partial charge >= 0.3 is 0 Å². The molecule has 1 aliphatic rings. The first-order valence-corrected chi connectivity index (χ1v) is 8.02. The highest BCUT2D eigenvalue weighted by Crippen LogP contribution is 2.25. The maximum Gasteiger partial charge on any atom is 0.00641 e. The number of nitrogens with zero attached hydrogens (tertiary/aromatic N) is 1. The Balaban J connectivity index is 2.26. The van der Waals surface area contributed by atoms with Crippen molar-refractivity contribution in [2.24, 2.45) is 5.92 Å². The summed E-state index contributed by atoms with van der Waals surface area (Å²) in [7, 11) is 0. The highest BCUT2D eigenvalue weighted by Gasteiger charge is 2.15. The van der Waals surface area contributed by atoms with E-state index < -0.39 is 0 Å². The van der Waals surface area contributed by atoms with Crippen molar-refractivity contribution in [1.29, 1.82) is 0 Å². The van der Waals surface area contributed by atoms with E-state index in [-0.39, 0.29) is 0 Å². The van der Waals surface area contributed by atoms with Crippen LogP contribution in [0, 0.1) is 5.92 Å². The first-order valence-electron chi connectivity index (χ1n) is 8.02. The van der Waals surface area contributed by atoms with Crippen molar-refractivity contribution in [1.82, 2.24) is 4.90 Å². The molecule has 1 heteroatoms. The van der Waals surface area contributed by atoms with Crippen molar-refractivity contribution in [3.63, 3.8) is 0 Å². The Bertz CT molecular complexity index is 170. The van der Waals surface area contributed by atoms with E-state index in [2.05, 4.69) is 25.7 Å². The van der Waals surface area contributed by atoms with Gasteiger partial charge in [0.05, 0.1) is 0 Å². The van der Waals surface area contributed by atoms with Crippen LogP contribution >= 0.6 is 0 Å². The van der Waals surface area contributed by atoms with E-state index in [0.717, 1.165) is 12.0 Å². The van der Waals surface area contributed by atoms with Gasteiger partial charge in [-0.2, -0.15) is 0 Å². The van der Waals surface area contributed by atoms with Gasteiger partial charge in [-0.15, -0.1) is 0 Å². The van der Waals surface area contributed by atoms with Gasteiger partial charge in [-0.05, 0) is 38.8 Å². The maximum absolute atomic E-state index is 2.67. The van der Waals surface area contributed by atoms with Crippen LogP contribution in [0.1, 0.15) is 78.6 Å². The Morgan fingerprint density at radius 2 is 1.59 bits per heavy atom. The van der Waals surface area contributed by atoms with E-state index in [1.807, 2.05) is 0 Å². The second kappa shape index (κ2) is 8.97. The van der Waals surface area contributed by atoms with Gasteiger partial charge in [0, 0.05) is 6.04 Å². The third-order valence-electron chi connectivity index (χ3n) is 4.67. The van der Waals surface area contributed by atoms with Crippen molar-refractivity contribution in [3.8, 4) is 0 Å². The van der Waals surface area contributed by atoms with Crippen LogP contribution in [-0.4, -0.2) is 24.0 Å². The van der Waals surface area contributed by atoms with Crippen molar-refractivity contribution in [2.75, 3.05) is 13.1 Å². The molecule has 0 bridgehead atoms. The molecule has 1 rings (SSSR count). The molecule has 0 amide bonds. The van der Waals surface area contributed by atoms with Crippen LogP contribution in [0.15, 0.2) is 0 Å². The second-order valence-electron chi connectivity index (χ2n) is 5.89. The lowest BCUT2D eigenvalue weighted by atomic mass is 9.88. The van der Waals surface area contributed by atoms with Crippen LogP contribution in [0.25, 0.3) is 0 Å². The van der Waals surface area contributed by atoms with E-state index >= 15 is 0 Å². The Morgan fingerprint density at radius 1 is 1.00 bits per heavy atom. The lowest BCUT2D eigenvalue weighted by Gasteiger charge is -2.29. The van der Waals surface area contributed by atoms with Gasteiger partial charge in [-0.3, -0.25) is 0 Å². The minimum Gasteiger partial charge on any atom is -0.301 e. The number of hydrogen-bond acceptors (Lipinski definition) is 1. The molecule has 0 heterocycles. The van der Waals surface area contributed by atoms with E-state index in [4.69, 9.17) is 0 Å². The Hall–Kier alpha value is -0.0400. The Morgan fingerprint density at radius 3 is 2.12 bits per heavy atom. The van der Waals surface area contributed by atoms with Crippen LogP contribution in [0.3, 0.4) is 0 Å². The number of rotatable bonds is 6. The smallest absolute Gasteiger partial charge is 0.00641 e. The fourth-order valence-corrected chi connectivity index (χ4v) is 3.13. The Labute approximate surface area is 109 Å². The molecule has 1 atom stereocenters. The summed E-state index contributed by atoms with van der Waals surface area (Å²) in [6.07, 6.45) is 13.2. The molecule has 0 aliphatic heterocycles. The van der Waals surface area contributed by atoms with Gasteiger partial charge in [0.1, 0.15) is 0 Å². The van der Waals surface area contributed by atoms with Crippen LogP contribution in [0.5, 0.6) is 0 Å². The van der Waals surface area contributed by atoms with E-state index in [0.29, 0.717) is 0 Å². The molecule has 17 heavy (non-hydrogen) atoms. The van der Waals surface area contributed by atoms with Gasteiger partial charge < -0.3 is 4.90 Å². The van der Waals surface area contributed by atoms with Crippen LogP contribution in [0.2, 0.25) is 0 Å². The average Bonchev–Trinajstić information content (AvgIpc) is 2.31. The summed E-state index contributed by atoms with van der Waals surface area (Å²) in [4.78, 5) is 2.67. The molecule has 0 spiro atoms. The maximum atomic E-state index is 2.67. The van der Waals surface area contributed by atoms with Gasteiger partial charge in [0.25, 0.3) is 0 Å². The molecule has 0 N–H and O–H groups in total. The van der Waals surface area contributed by atoms with E-state index in [1.165, 1.54) is 70.9 Å². The molecule has 102 valence electrons. The lowest BCUT2D eigenvalue weighted by molar-refractivity contribution is 0.191.